The van der Waals surface area contributed by atoms with Crippen LogP contribution >= 0.6 is 0 Å². The molecule has 0 fully saturated rings. The SMILES string of the molecule is C=C=CC1(C(=O)OCC)C(=O)c2cc(F)c(F)cc2N=C1C. The molecule has 0 amide bonds. The van der Waals surface area contributed by atoms with Crippen molar-refractivity contribution in [3.63, 3.8) is 0 Å². The second-order valence-corrected chi connectivity index (χ2v) is 4.69. The predicted octanol–water partition coefficient (Wildman–Crippen LogP) is 3.14. The minimum Gasteiger partial charge on any atom is -0.465 e. The molecule has 1 atom stereocenters. The number of ketones is 1. The van der Waals surface area contributed by atoms with E-state index in [4.69, 9.17) is 4.74 Å². The Hall–Kier alpha value is -2.59. The van der Waals surface area contributed by atoms with Crippen molar-refractivity contribution in [2.45, 2.75) is 13.8 Å². The smallest absolute Gasteiger partial charge is 0.330 e. The van der Waals surface area contributed by atoms with E-state index < -0.39 is 28.8 Å². The summed E-state index contributed by atoms with van der Waals surface area (Å²) in [6, 6.07) is 1.55. The number of carbonyl (C=O) groups excluding carboxylic acids is 2. The molecule has 1 aliphatic rings. The molecule has 1 unspecified atom stereocenters. The van der Waals surface area contributed by atoms with Gasteiger partial charge in [-0.2, -0.15) is 0 Å². The highest BCUT2D eigenvalue weighted by Gasteiger charge is 2.51. The van der Waals surface area contributed by atoms with E-state index in [0.29, 0.717) is 0 Å². The van der Waals surface area contributed by atoms with Crippen LogP contribution in [0.1, 0.15) is 24.2 Å². The van der Waals surface area contributed by atoms with Gasteiger partial charge in [-0.3, -0.25) is 14.6 Å². The first-order valence-electron chi connectivity index (χ1n) is 6.52. The van der Waals surface area contributed by atoms with Crippen molar-refractivity contribution < 1.29 is 23.1 Å². The van der Waals surface area contributed by atoms with E-state index in [1.54, 1.807) is 6.92 Å². The molecule has 0 radical (unpaired) electrons. The lowest BCUT2D eigenvalue weighted by Gasteiger charge is -2.30. The second kappa shape index (κ2) is 5.66. The highest BCUT2D eigenvalue weighted by molar-refractivity contribution is 6.32. The second-order valence-electron chi connectivity index (χ2n) is 4.69. The maximum Gasteiger partial charge on any atom is 0.330 e. The van der Waals surface area contributed by atoms with E-state index in [2.05, 4.69) is 17.3 Å². The van der Waals surface area contributed by atoms with Crippen molar-refractivity contribution in [1.82, 2.24) is 0 Å². The Labute approximate surface area is 125 Å². The van der Waals surface area contributed by atoms with Crippen molar-refractivity contribution in [2.75, 3.05) is 6.61 Å². The quantitative estimate of drug-likeness (QED) is 0.490. The fourth-order valence-electron chi connectivity index (χ4n) is 2.32. The molecule has 6 heteroatoms. The van der Waals surface area contributed by atoms with E-state index in [9.17, 15) is 18.4 Å². The minimum atomic E-state index is -1.85. The minimum absolute atomic E-state index is 0.0289. The number of esters is 1. The van der Waals surface area contributed by atoms with Gasteiger partial charge in [0.2, 0.25) is 0 Å². The number of rotatable bonds is 3. The topological polar surface area (TPSA) is 55.7 Å². The summed E-state index contributed by atoms with van der Waals surface area (Å²) in [5, 5.41) is 0. The third kappa shape index (κ3) is 2.18. The lowest BCUT2D eigenvalue weighted by atomic mass is 9.74. The van der Waals surface area contributed by atoms with Crippen molar-refractivity contribution in [1.29, 1.82) is 0 Å². The summed E-state index contributed by atoms with van der Waals surface area (Å²) in [4.78, 5) is 29.1. The Balaban J connectivity index is 2.74. The standard InChI is InChI=1S/C16H13F2NO3/c1-4-6-16(15(21)22-5-2)9(3)19-13-8-12(18)11(17)7-10(13)14(16)20/h6-8H,1,5H2,2-3H3. The Morgan fingerprint density at radius 3 is 2.68 bits per heavy atom. The first kappa shape index (κ1) is 15.8. The largest absolute Gasteiger partial charge is 0.465 e. The van der Waals surface area contributed by atoms with Crippen LogP contribution in [0.3, 0.4) is 0 Å². The van der Waals surface area contributed by atoms with Gasteiger partial charge < -0.3 is 4.74 Å². The number of aliphatic imine (C=N–C) groups is 1. The van der Waals surface area contributed by atoms with Crippen molar-refractivity contribution in [2.24, 2.45) is 10.4 Å². The summed E-state index contributed by atoms with van der Waals surface area (Å²) >= 11 is 0. The van der Waals surface area contributed by atoms with Gasteiger partial charge in [-0.25, -0.2) is 8.78 Å². The molecule has 114 valence electrons. The van der Waals surface area contributed by atoms with Gasteiger partial charge in [0.05, 0.1) is 12.3 Å². The maximum atomic E-state index is 13.4. The molecular formula is C16H13F2NO3. The zero-order valence-electron chi connectivity index (χ0n) is 12.1. The van der Waals surface area contributed by atoms with Crippen molar-refractivity contribution >= 4 is 23.2 Å². The van der Waals surface area contributed by atoms with E-state index >= 15 is 0 Å². The molecule has 1 aliphatic heterocycles. The van der Waals surface area contributed by atoms with E-state index in [-0.39, 0.29) is 23.6 Å². The summed E-state index contributed by atoms with van der Waals surface area (Å²) in [7, 11) is 0. The average Bonchev–Trinajstić information content (AvgIpc) is 2.46. The molecular weight excluding hydrogens is 292 g/mol. The van der Waals surface area contributed by atoms with E-state index in [1.807, 2.05) is 0 Å². The number of nitrogens with zero attached hydrogens (tertiary/aromatic N) is 1. The summed E-state index contributed by atoms with van der Waals surface area (Å²) in [6.45, 7) is 6.45. The lowest BCUT2D eigenvalue weighted by molar-refractivity contribution is -0.147. The molecule has 0 spiro atoms. The fraction of sp³-hybridized carbons (Fsp3) is 0.250. The molecule has 0 N–H and O–H groups in total. The Bertz CT molecular complexity index is 748. The van der Waals surface area contributed by atoms with E-state index in [1.165, 1.54) is 6.92 Å². The van der Waals surface area contributed by atoms with Crippen LogP contribution in [0.5, 0.6) is 0 Å². The summed E-state index contributed by atoms with van der Waals surface area (Å²) in [6.07, 6.45) is 1.14. The normalized spacial score (nSPS) is 19.8. The number of hydrogen-bond donors (Lipinski definition) is 0. The molecule has 1 heterocycles. The summed E-state index contributed by atoms with van der Waals surface area (Å²) in [5.74, 6) is -3.91. The first-order chi connectivity index (χ1) is 10.4. The monoisotopic (exact) mass is 305 g/mol. The van der Waals surface area contributed by atoms with Crippen LogP contribution in [-0.4, -0.2) is 24.1 Å². The summed E-state index contributed by atoms with van der Waals surface area (Å²) < 4.78 is 31.7. The zero-order chi connectivity index (χ0) is 16.5. The number of Topliss-reactive ketones (excluding diaryl/α,β-unsaturated/α-hetero) is 1. The number of ether oxygens (including phenoxy) is 1. The maximum absolute atomic E-state index is 13.4. The summed E-state index contributed by atoms with van der Waals surface area (Å²) in [5.41, 5.74) is 0.407. The van der Waals surface area contributed by atoms with Crippen molar-refractivity contribution in [3.8, 4) is 0 Å². The van der Waals surface area contributed by atoms with Gasteiger partial charge in [-0.15, -0.1) is 5.73 Å². The van der Waals surface area contributed by atoms with Gasteiger partial charge >= 0.3 is 5.97 Å². The molecule has 0 bridgehead atoms. The number of halogens is 2. The Kier molecular flexibility index (Phi) is 4.06. The molecule has 0 aliphatic carbocycles. The third-order valence-electron chi connectivity index (χ3n) is 3.42. The van der Waals surface area contributed by atoms with Crippen LogP contribution in [-0.2, 0) is 9.53 Å². The van der Waals surface area contributed by atoms with Gasteiger partial charge in [0.25, 0.3) is 0 Å². The lowest BCUT2D eigenvalue weighted by Crippen LogP contribution is -2.46. The molecule has 0 aromatic heterocycles. The molecule has 22 heavy (non-hydrogen) atoms. The van der Waals surface area contributed by atoms with E-state index in [0.717, 1.165) is 18.2 Å². The van der Waals surface area contributed by atoms with Gasteiger partial charge in [0, 0.05) is 17.3 Å². The molecule has 2 rings (SSSR count). The molecule has 0 saturated heterocycles. The highest BCUT2D eigenvalue weighted by atomic mass is 19.2. The van der Waals surface area contributed by atoms with Gasteiger partial charge in [-0.05, 0) is 26.0 Å². The number of hydrogen-bond acceptors (Lipinski definition) is 4. The van der Waals surface area contributed by atoms with Crippen LogP contribution < -0.4 is 0 Å². The number of carbonyl (C=O) groups is 2. The zero-order valence-corrected chi connectivity index (χ0v) is 12.1. The van der Waals surface area contributed by atoms with Gasteiger partial charge in [0.1, 0.15) is 0 Å². The van der Waals surface area contributed by atoms with Gasteiger partial charge in [-0.1, -0.05) is 6.58 Å². The molecule has 1 aromatic rings. The number of fused-ring (bicyclic) bond motifs is 1. The van der Waals surface area contributed by atoms with Crippen LogP contribution in [0.2, 0.25) is 0 Å². The molecule has 4 nitrogen and oxygen atoms in total. The fourth-order valence-corrected chi connectivity index (χ4v) is 2.32. The van der Waals surface area contributed by atoms with Crippen molar-refractivity contribution in [3.05, 3.63) is 47.7 Å². The van der Waals surface area contributed by atoms with Gasteiger partial charge in [0.15, 0.2) is 22.8 Å². The van der Waals surface area contributed by atoms with Crippen LogP contribution in [0.4, 0.5) is 14.5 Å². The Morgan fingerprint density at radius 2 is 2.09 bits per heavy atom. The average molecular weight is 305 g/mol. The third-order valence-corrected chi connectivity index (χ3v) is 3.42. The van der Waals surface area contributed by atoms with Crippen LogP contribution in [0, 0.1) is 17.0 Å². The predicted molar refractivity (Wildman–Crippen MR) is 76.2 cm³/mol. The van der Waals surface area contributed by atoms with Crippen LogP contribution in [0.15, 0.2) is 35.5 Å². The first-order valence-corrected chi connectivity index (χ1v) is 6.52. The molecule has 1 aromatic carbocycles. The van der Waals surface area contributed by atoms with Crippen LogP contribution in [0.25, 0.3) is 0 Å². The highest BCUT2D eigenvalue weighted by Crippen LogP contribution is 2.39. The number of benzene rings is 1. The Morgan fingerprint density at radius 1 is 1.45 bits per heavy atom. The molecule has 0 saturated carbocycles.